The van der Waals surface area contributed by atoms with Crippen molar-refractivity contribution in [3.63, 3.8) is 0 Å². The number of hydrogen-bond donors (Lipinski definition) is 1. The Bertz CT molecular complexity index is 460. The molecule has 1 fully saturated rings. The van der Waals surface area contributed by atoms with Gasteiger partial charge in [0.15, 0.2) is 0 Å². The van der Waals surface area contributed by atoms with Crippen molar-refractivity contribution in [2.45, 2.75) is 25.4 Å². The van der Waals surface area contributed by atoms with Gasteiger partial charge in [0.1, 0.15) is 0 Å². The lowest BCUT2D eigenvalue weighted by atomic mass is 10.0. The number of piperidine rings is 1. The van der Waals surface area contributed by atoms with Crippen molar-refractivity contribution in [3.05, 3.63) is 41.5 Å². The van der Waals surface area contributed by atoms with Crippen LogP contribution in [0.5, 0.6) is 0 Å². The fraction of sp³-hybridized carbons (Fsp3) is 0.438. The molecule has 0 saturated carbocycles. The third-order valence-corrected chi connectivity index (χ3v) is 3.63. The Morgan fingerprint density at radius 1 is 1.35 bits per heavy atom. The third-order valence-electron chi connectivity index (χ3n) is 3.63. The highest BCUT2D eigenvalue weighted by molar-refractivity contribution is 5.86. The second kappa shape index (κ2) is 7.22. The Hall–Kier alpha value is -1.65. The van der Waals surface area contributed by atoms with E-state index in [2.05, 4.69) is 21.8 Å². The Morgan fingerprint density at radius 3 is 2.60 bits per heavy atom. The summed E-state index contributed by atoms with van der Waals surface area (Å²) in [5, 5.41) is 0. The van der Waals surface area contributed by atoms with E-state index in [0.717, 1.165) is 38.0 Å². The normalized spacial score (nSPS) is 17.5. The second-order valence-corrected chi connectivity index (χ2v) is 5.21. The van der Waals surface area contributed by atoms with Gasteiger partial charge in [-0.05, 0) is 43.1 Å². The summed E-state index contributed by atoms with van der Waals surface area (Å²) in [5.41, 5.74) is 8.19. The van der Waals surface area contributed by atoms with E-state index in [1.807, 2.05) is 12.1 Å². The van der Waals surface area contributed by atoms with Crippen molar-refractivity contribution in [2.75, 3.05) is 20.2 Å². The predicted molar refractivity (Wildman–Crippen MR) is 80.0 cm³/mol. The van der Waals surface area contributed by atoms with Crippen molar-refractivity contribution in [3.8, 4) is 0 Å². The first-order valence-electron chi connectivity index (χ1n) is 7.00. The number of nitrogens with two attached hydrogens (primary N) is 1. The Morgan fingerprint density at radius 2 is 2.00 bits per heavy atom. The maximum Gasteiger partial charge on any atom is 0.330 e. The van der Waals surface area contributed by atoms with E-state index < -0.39 is 0 Å². The van der Waals surface area contributed by atoms with Crippen LogP contribution in [-0.4, -0.2) is 37.1 Å². The van der Waals surface area contributed by atoms with Crippen LogP contribution in [0.3, 0.4) is 0 Å². The zero-order chi connectivity index (χ0) is 14.4. The standard InChI is InChI=1S/C16H22N2O2/c1-20-16(19)7-6-13-2-4-14(5-3-13)12-18-10-8-15(17)9-11-18/h2-7,15H,8-12,17H2,1H3. The molecule has 0 atom stereocenters. The molecule has 0 radical (unpaired) electrons. The quantitative estimate of drug-likeness (QED) is 0.672. The molecule has 2 rings (SSSR count). The molecule has 4 heteroatoms. The summed E-state index contributed by atoms with van der Waals surface area (Å²) >= 11 is 0. The van der Waals surface area contributed by atoms with E-state index in [4.69, 9.17) is 5.73 Å². The summed E-state index contributed by atoms with van der Waals surface area (Å²) in [5.74, 6) is -0.335. The lowest BCUT2D eigenvalue weighted by molar-refractivity contribution is -0.134. The average molecular weight is 274 g/mol. The molecule has 1 aliphatic rings. The summed E-state index contributed by atoms with van der Waals surface area (Å²) < 4.78 is 4.56. The highest BCUT2D eigenvalue weighted by Gasteiger charge is 2.15. The summed E-state index contributed by atoms with van der Waals surface area (Å²) in [6, 6.07) is 8.61. The van der Waals surface area contributed by atoms with Crippen LogP contribution < -0.4 is 5.73 Å². The largest absolute Gasteiger partial charge is 0.466 e. The molecule has 0 spiro atoms. The van der Waals surface area contributed by atoms with Gasteiger partial charge in [0.25, 0.3) is 0 Å². The average Bonchev–Trinajstić information content (AvgIpc) is 2.48. The molecule has 20 heavy (non-hydrogen) atoms. The Balaban J connectivity index is 1.88. The maximum absolute atomic E-state index is 11.0. The number of hydrogen-bond acceptors (Lipinski definition) is 4. The van der Waals surface area contributed by atoms with Gasteiger partial charge in [-0.2, -0.15) is 0 Å². The molecule has 108 valence electrons. The van der Waals surface area contributed by atoms with Gasteiger partial charge in [-0.3, -0.25) is 4.90 Å². The first-order valence-corrected chi connectivity index (χ1v) is 7.00. The van der Waals surface area contributed by atoms with Crippen LogP contribution in [0.4, 0.5) is 0 Å². The monoisotopic (exact) mass is 274 g/mol. The fourth-order valence-corrected chi connectivity index (χ4v) is 2.34. The molecule has 1 heterocycles. The van der Waals surface area contributed by atoms with Crippen LogP contribution in [-0.2, 0) is 16.1 Å². The summed E-state index contributed by atoms with van der Waals surface area (Å²) in [4.78, 5) is 13.4. The van der Waals surface area contributed by atoms with Crippen LogP contribution in [0, 0.1) is 0 Å². The molecule has 1 aromatic carbocycles. The number of ether oxygens (including phenoxy) is 1. The number of carbonyl (C=O) groups excluding carboxylic acids is 1. The molecule has 0 aromatic heterocycles. The van der Waals surface area contributed by atoms with E-state index in [9.17, 15) is 4.79 Å². The Labute approximate surface area is 120 Å². The predicted octanol–water partition coefficient (Wildman–Crippen LogP) is 1.80. The number of benzene rings is 1. The zero-order valence-corrected chi connectivity index (χ0v) is 11.9. The molecule has 0 aliphatic carbocycles. The molecule has 1 aromatic rings. The van der Waals surface area contributed by atoms with E-state index in [1.165, 1.54) is 18.7 Å². The van der Waals surface area contributed by atoms with Gasteiger partial charge in [0.2, 0.25) is 0 Å². The van der Waals surface area contributed by atoms with Gasteiger partial charge in [-0.1, -0.05) is 24.3 Å². The molecule has 0 bridgehead atoms. The molecule has 1 aliphatic heterocycles. The van der Waals surface area contributed by atoms with Crippen molar-refractivity contribution in [2.24, 2.45) is 5.73 Å². The highest BCUT2D eigenvalue weighted by Crippen LogP contribution is 2.13. The minimum atomic E-state index is -0.335. The van der Waals surface area contributed by atoms with Gasteiger partial charge in [0, 0.05) is 18.7 Å². The maximum atomic E-state index is 11.0. The van der Waals surface area contributed by atoms with Crippen molar-refractivity contribution in [1.29, 1.82) is 0 Å². The second-order valence-electron chi connectivity index (χ2n) is 5.21. The molecule has 4 nitrogen and oxygen atoms in total. The van der Waals surface area contributed by atoms with Gasteiger partial charge in [-0.15, -0.1) is 0 Å². The topological polar surface area (TPSA) is 55.6 Å². The van der Waals surface area contributed by atoms with Gasteiger partial charge in [0.05, 0.1) is 7.11 Å². The summed E-state index contributed by atoms with van der Waals surface area (Å²) in [7, 11) is 1.38. The number of likely N-dealkylation sites (tertiary alicyclic amines) is 1. The first-order chi connectivity index (χ1) is 9.67. The van der Waals surface area contributed by atoms with E-state index in [1.54, 1.807) is 6.08 Å². The minimum absolute atomic E-state index is 0.335. The van der Waals surface area contributed by atoms with Gasteiger partial charge in [-0.25, -0.2) is 4.79 Å². The molecule has 0 amide bonds. The molecule has 1 saturated heterocycles. The number of esters is 1. The number of carbonyl (C=O) groups is 1. The highest BCUT2D eigenvalue weighted by atomic mass is 16.5. The molecular weight excluding hydrogens is 252 g/mol. The Kier molecular flexibility index (Phi) is 5.32. The van der Waals surface area contributed by atoms with Gasteiger partial charge >= 0.3 is 5.97 Å². The number of nitrogens with zero attached hydrogens (tertiary/aromatic N) is 1. The lowest BCUT2D eigenvalue weighted by Gasteiger charge is -2.30. The van der Waals surface area contributed by atoms with Crippen molar-refractivity contribution >= 4 is 12.0 Å². The van der Waals surface area contributed by atoms with E-state index in [-0.39, 0.29) is 5.97 Å². The molecule has 0 unspecified atom stereocenters. The van der Waals surface area contributed by atoms with Crippen molar-refractivity contribution < 1.29 is 9.53 Å². The SMILES string of the molecule is COC(=O)C=Cc1ccc(CN2CCC(N)CC2)cc1. The summed E-state index contributed by atoms with van der Waals surface area (Å²) in [6.07, 6.45) is 5.36. The van der Waals surface area contributed by atoms with Gasteiger partial charge < -0.3 is 10.5 Å². The first kappa shape index (κ1) is 14.8. The smallest absolute Gasteiger partial charge is 0.330 e. The number of methoxy groups -OCH3 is 1. The van der Waals surface area contributed by atoms with Crippen LogP contribution in [0.15, 0.2) is 30.3 Å². The number of rotatable bonds is 4. The minimum Gasteiger partial charge on any atom is -0.466 e. The lowest BCUT2D eigenvalue weighted by Crippen LogP contribution is -2.39. The molecular formula is C16H22N2O2. The van der Waals surface area contributed by atoms with Crippen LogP contribution in [0.25, 0.3) is 6.08 Å². The zero-order valence-electron chi connectivity index (χ0n) is 11.9. The molecule has 2 N–H and O–H groups in total. The van der Waals surface area contributed by atoms with E-state index >= 15 is 0 Å². The van der Waals surface area contributed by atoms with Crippen LogP contribution >= 0.6 is 0 Å². The van der Waals surface area contributed by atoms with E-state index in [0.29, 0.717) is 6.04 Å². The fourth-order valence-electron chi connectivity index (χ4n) is 2.34. The van der Waals surface area contributed by atoms with Crippen molar-refractivity contribution in [1.82, 2.24) is 4.90 Å². The van der Waals surface area contributed by atoms with Crippen LogP contribution in [0.1, 0.15) is 24.0 Å². The summed E-state index contributed by atoms with van der Waals surface area (Å²) in [6.45, 7) is 3.12. The third kappa shape index (κ3) is 4.47. The van der Waals surface area contributed by atoms with Crippen LogP contribution in [0.2, 0.25) is 0 Å².